The minimum Gasteiger partial charge on any atom is -0.394 e. The molecule has 3 heteroatoms. The van der Waals surface area contributed by atoms with Crippen LogP contribution in [0.5, 0.6) is 0 Å². The van der Waals surface area contributed by atoms with Crippen LogP contribution in [-0.4, -0.2) is 47.5 Å². The van der Waals surface area contributed by atoms with Crippen LogP contribution in [0.2, 0.25) is 0 Å². The summed E-state index contributed by atoms with van der Waals surface area (Å²) < 4.78 is 0. The molecule has 0 spiro atoms. The summed E-state index contributed by atoms with van der Waals surface area (Å²) in [7, 11) is 4.06. The molecule has 0 aliphatic carbocycles. The van der Waals surface area contributed by atoms with Crippen molar-refractivity contribution < 1.29 is 10.2 Å². The second-order valence-electron chi connectivity index (χ2n) is 5.57. The van der Waals surface area contributed by atoms with E-state index in [1.807, 2.05) is 27.9 Å². The summed E-state index contributed by atoms with van der Waals surface area (Å²) in [4.78, 5) is 2.14. The van der Waals surface area contributed by atoms with Crippen LogP contribution in [0.15, 0.2) is 0 Å². The summed E-state index contributed by atoms with van der Waals surface area (Å²) in [5.74, 6) is 0. The summed E-state index contributed by atoms with van der Waals surface area (Å²) in [5.41, 5.74) is -0.234. The number of hydrogen-bond donors (Lipinski definition) is 2. The van der Waals surface area contributed by atoms with Crippen LogP contribution in [0.3, 0.4) is 0 Å². The molecule has 0 amide bonds. The standard InChI is InChI=1S/C11H25NO2/c1-10(2,9(14)7-13)8-11(3,4)12(5)6/h9,13-14H,7-8H2,1-6H3. The molecule has 0 aromatic rings. The fraction of sp³-hybridized carbons (Fsp3) is 1.00. The van der Waals surface area contributed by atoms with Crippen LogP contribution in [0, 0.1) is 5.41 Å². The van der Waals surface area contributed by atoms with Crippen molar-refractivity contribution >= 4 is 0 Å². The van der Waals surface area contributed by atoms with Crippen LogP contribution < -0.4 is 0 Å². The third kappa shape index (κ3) is 3.56. The molecule has 0 rings (SSSR count). The van der Waals surface area contributed by atoms with E-state index in [0.29, 0.717) is 0 Å². The fourth-order valence-electron chi connectivity index (χ4n) is 1.64. The number of aliphatic hydroxyl groups is 2. The summed E-state index contributed by atoms with van der Waals surface area (Å²) in [5, 5.41) is 18.6. The molecule has 0 bridgehead atoms. The quantitative estimate of drug-likeness (QED) is 0.703. The molecule has 1 unspecified atom stereocenters. The van der Waals surface area contributed by atoms with Crippen LogP contribution in [0.4, 0.5) is 0 Å². The predicted molar refractivity (Wildman–Crippen MR) is 59.3 cm³/mol. The van der Waals surface area contributed by atoms with Gasteiger partial charge in [0.25, 0.3) is 0 Å². The van der Waals surface area contributed by atoms with Crippen molar-refractivity contribution in [2.24, 2.45) is 5.41 Å². The highest BCUT2D eigenvalue weighted by Crippen LogP contribution is 2.33. The van der Waals surface area contributed by atoms with Crippen molar-refractivity contribution in [3.63, 3.8) is 0 Å². The third-order valence-corrected chi connectivity index (χ3v) is 3.17. The van der Waals surface area contributed by atoms with Crippen molar-refractivity contribution in [3.05, 3.63) is 0 Å². The normalized spacial score (nSPS) is 16.1. The molecule has 0 aliphatic heterocycles. The van der Waals surface area contributed by atoms with Gasteiger partial charge in [-0.05, 0) is 39.8 Å². The van der Waals surface area contributed by atoms with Crippen LogP contribution in [0.25, 0.3) is 0 Å². The molecule has 0 heterocycles. The molecule has 0 saturated heterocycles. The van der Waals surface area contributed by atoms with Gasteiger partial charge < -0.3 is 15.1 Å². The molecule has 2 N–H and O–H groups in total. The molecule has 0 aromatic carbocycles. The Bertz CT molecular complexity index is 176. The van der Waals surface area contributed by atoms with Gasteiger partial charge in [-0.25, -0.2) is 0 Å². The summed E-state index contributed by atoms with van der Waals surface area (Å²) in [6.45, 7) is 8.08. The van der Waals surface area contributed by atoms with Gasteiger partial charge in [0.15, 0.2) is 0 Å². The maximum Gasteiger partial charge on any atom is 0.0822 e. The van der Waals surface area contributed by atoms with Crippen LogP contribution in [-0.2, 0) is 0 Å². The van der Waals surface area contributed by atoms with Gasteiger partial charge in [0.05, 0.1) is 12.7 Å². The maximum absolute atomic E-state index is 9.66. The average Bonchev–Trinajstić information content (AvgIpc) is 2.00. The van der Waals surface area contributed by atoms with Gasteiger partial charge >= 0.3 is 0 Å². The first-order valence-corrected chi connectivity index (χ1v) is 5.10. The second kappa shape index (κ2) is 4.60. The highest BCUT2D eigenvalue weighted by atomic mass is 16.3. The molecule has 14 heavy (non-hydrogen) atoms. The van der Waals surface area contributed by atoms with Crippen molar-refractivity contribution in [1.29, 1.82) is 0 Å². The van der Waals surface area contributed by atoms with E-state index in [2.05, 4.69) is 18.7 Å². The lowest BCUT2D eigenvalue weighted by molar-refractivity contribution is -0.0245. The van der Waals surface area contributed by atoms with Gasteiger partial charge in [-0.3, -0.25) is 0 Å². The lowest BCUT2D eigenvalue weighted by Gasteiger charge is -2.41. The van der Waals surface area contributed by atoms with Crippen LogP contribution in [0.1, 0.15) is 34.1 Å². The molecule has 0 saturated carbocycles. The highest BCUT2D eigenvalue weighted by molar-refractivity contribution is 4.88. The number of aliphatic hydroxyl groups excluding tert-OH is 2. The van der Waals surface area contributed by atoms with Crippen molar-refractivity contribution in [2.75, 3.05) is 20.7 Å². The molecule has 0 aliphatic rings. The van der Waals surface area contributed by atoms with E-state index in [4.69, 9.17) is 5.11 Å². The van der Waals surface area contributed by atoms with E-state index in [9.17, 15) is 5.11 Å². The van der Waals surface area contributed by atoms with Crippen LogP contribution >= 0.6 is 0 Å². The highest BCUT2D eigenvalue weighted by Gasteiger charge is 2.35. The Kier molecular flexibility index (Phi) is 4.56. The Morgan fingerprint density at radius 1 is 1.14 bits per heavy atom. The molecule has 1 atom stereocenters. The van der Waals surface area contributed by atoms with E-state index in [1.54, 1.807) is 0 Å². The molecule has 3 nitrogen and oxygen atoms in total. The van der Waals surface area contributed by atoms with Crippen molar-refractivity contribution in [2.45, 2.75) is 45.8 Å². The minimum absolute atomic E-state index is 0.0274. The fourth-order valence-corrected chi connectivity index (χ4v) is 1.64. The predicted octanol–water partition coefficient (Wildman–Crippen LogP) is 1.10. The number of rotatable bonds is 5. The van der Waals surface area contributed by atoms with Gasteiger partial charge in [-0.2, -0.15) is 0 Å². The first-order chi connectivity index (χ1) is 6.13. The molecule has 86 valence electrons. The summed E-state index contributed by atoms with van der Waals surface area (Å²) in [6, 6.07) is 0. The Labute approximate surface area is 87.7 Å². The SMILES string of the molecule is CN(C)C(C)(C)CC(C)(C)C(O)CO. The lowest BCUT2D eigenvalue weighted by atomic mass is 9.76. The van der Waals surface area contributed by atoms with E-state index in [1.165, 1.54) is 0 Å². The van der Waals surface area contributed by atoms with E-state index < -0.39 is 6.10 Å². The van der Waals surface area contributed by atoms with E-state index in [0.717, 1.165) is 6.42 Å². The van der Waals surface area contributed by atoms with E-state index >= 15 is 0 Å². The van der Waals surface area contributed by atoms with Crippen molar-refractivity contribution in [3.8, 4) is 0 Å². The molecule has 0 fully saturated rings. The first kappa shape index (κ1) is 13.9. The average molecular weight is 203 g/mol. The Morgan fingerprint density at radius 3 is 1.86 bits per heavy atom. The van der Waals surface area contributed by atoms with E-state index in [-0.39, 0.29) is 17.6 Å². The van der Waals surface area contributed by atoms with Gasteiger partial charge in [0.2, 0.25) is 0 Å². The second-order valence-corrected chi connectivity index (χ2v) is 5.57. The zero-order chi connectivity index (χ0) is 11.6. The Morgan fingerprint density at radius 2 is 1.57 bits per heavy atom. The Balaban J connectivity index is 4.49. The number of nitrogens with zero attached hydrogens (tertiary/aromatic N) is 1. The molecule has 0 aromatic heterocycles. The van der Waals surface area contributed by atoms with Gasteiger partial charge in [0.1, 0.15) is 0 Å². The Hall–Kier alpha value is -0.120. The lowest BCUT2D eigenvalue weighted by Crippen LogP contribution is -2.46. The number of hydrogen-bond acceptors (Lipinski definition) is 3. The molecular formula is C11H25NO2. The summed E-state index contributed by atoms with van der Waals surface area (Å²) in [6.07, 6.45) is 0.191. The minimum atomic E-state index is -0.651. The maximum atomic E-state index is 9.66. The third-order valence-electron chi connectivity index (χ3n) is 3.17. The van der Waals surface area contributed by atoms with Gasteiger partial charge in [0, 0.05) is 5.54 Å². The molecular weight excluding hydrogens is 178 g/mol. The monoisotopic (exact) mass is 203 g/mol. The smallest absolute Gasteiger partial charge is 0.0822 e. The topological polar surface area (TPSA) is 43.7 Å². The van der Waals surface area contributed by atoms with Crippen molar-refractivity contribution in [1.82, 2.24) is 4.90 Å². The van der Waals surface area contributed by atoms with Gasteiger partial charge in [-0.1, -0.05) is 13.8 Å². The van der Waals surface area contributed by atoms with Gasteiger partial charge in [-0.15, -0.1) is 0 Å². The largest absolute Gasteiger partial charge is 0.394 e. The molecule has 0 radical (unpaired) electrons. The first-order valence-electron chi connectivity index (χ1n) is 5.10. The zero-order valence-corrected chi connectivity index (χ0v) is 10.3. The summed E-state index contributed by atoms with van der Waals surface area (Å²) >= 11 is 0. The zero-order valence-electron chi connectivity index (χ0n) is 10.3.